The van der Waals surface area contributed by atoms with Crippen molar-refractivity contribution in [3.05, 3.63) is 39.8 Å². The van der Waals surface area contributed by atoms with Gasteiger partial charge in [0.2, 0.25) is 0 Å². The number of hydrogen-bond donors (Lipinski definition) is 1. The van der Waals surface area contributed by atoms with Crippen LogP contribution in [0.25, 0.3) is 0 Å². The first-order chi connectivity index (χ1) is 10.2. The van der Waals surface area contributed by atoms with Crippen LogP contribution < -0.4 is 14.8 Å². The highest BCUT2D eigenvalue weighted by Gasteiger charge is 2.28. The second-order valence-corrected chi connectivity index (χ2v) is 6.24. The summed E-state index contributed by atoms with van der Waals surface area (Å²) in [7, 11) is 3.35. The van der Waals surface area contributed by atoms with Crippen molar-refractivity contribution in [1.29, 1.82) is 0 Å². The smallest absolute Gasteiger partial charge is 0.122 e. The van der Waals surface area contributed by atoms with Crippen molar-refractivity contribution in [3.63, 3.8) is 0 Å². The predicted molar refractivity (Wildman–Crippen MR) is 84.4 cm³/mol. The van der Waals surface area contributed by atoms with Crippen LogP contribution in [0.5, 0.6) is 11.5 Å². The lowest BCUT2D eigenvalue weighted by atomic mass is 10.1. The SMILES string of the molecule is COc1cc(OC)cc(C(NC2CC2)c2nc(C)cs2)c1. The van der Waals surface area contributed by atoms with E-state index in [1.165, 1.54) is 12.8 Å². The Morgan fingerprint density at radius 1 is 1.19 bits per heavy atom. The fraction of sp³-hybridized carbons (Fsp3) is 0.438. The van der Waals surface area contributed by atoms with Gasteiger partial charge in [0.15, 0.2) is 0 Å². The lowest BCUT2D eigenvalue weighted by Gasteiger charge is -2.18. The van der Waals surface area contributed by atoms with E-state index in [0.717, 1.165) is 27.8 Å². The van der Waals surface area contributed by atoms with Crippen molar-refractivity contribution in [1.82, 2.24) is 10.3 Å². The molecular formula is C16H20N2O2S. The average molecular weight is 304 g/mol. The van der Waals surface area contributed by atoms with E-state index in [9.17, 15) is 0 Å². The van der Waals surface area contributed by atoms with Crippen LogP contribution >= 0.6 is 11.3 Å². The third-order valence-corrected chi connectivity index (χ3v) is 4.60. The minimum Gasteiger partial charge on any atom is -0.497 e. The fourth-order valence-electron chi connectivity index (χ4n) is 2.30. The highest BCUT2D eigenvalue weighted by molar-refractivity contribution is 7.09. The molecule has 4 nitrogen and oxygen atoms in total. The van der Waals surface area contributed by atoms with Gasteiger partial charge in [0.25, 0.3) is 0 Å². The molecule has 1 N–H and O–H groups in total. The van der Waals surface area contributed by atoms with Crippen molar-refractivity contribution >= 4 is 11.3 Å². The van der Waals surface area contributed by atoms with Crippen LogP contribution in [0.1, 0.15) is 35.1 Å². The summed E-state index contributed by atoms with van der Waals surface area (Å²) in [5.41, 5.74) is 2.19. The Kier molecular flexibility index (Phi) is 4.12. The first-order valence-corrected chi connectivity index (χ1v) is 7.98. The van der Waals surface area contributed by atoms with E-state index >= 15 is 0 Å². The number of thiazole rings is 1. The minimum absolute atomic E-state index is 0.0974. The highest BCUT2D eigenvalue weighted by atomic mass is 32.1. The molecule has 1 unspecified atom stereocenters. The number of hydrogen-bond acceptors (Lipinski definition) is 5. The second-order valence-electron chi connectivity index (χ2n) is 5.35. The number of nitrogens with zero attached hydrogens (tertiary/aromatic N) is 1. The quantitative estimate of drug-likeness (QED) is 0.889. The van der Waals surface area contributed by atoms with Gasteiger partial charge < -0.3 is 14.8 Å². The Bertz CT molecular complexity index is 600. The van der Waals surface area contributed by atoms with Gasteiger partial charge in [-0.05, 0) is 37.5 Å². The van der Waals surface area contributed by atoms with E-state index in [0.29, 0.717) is 6.04 Å². The molecule has 21 heavy (non-hydrogen) atoms. The molecule has 5 heteroatoms. The normalized spacial score (nSPS) is 15.8. The molecule has 1 atom stereocenters. The van der Waals surface area contributed by atoms with E-state index in [2.05, 4.69) is 27.8 Å². The Morgan fingerprint density at radius 2 is 1.86 bits per heavy atom. The van der Waals surface area contributed by atoms with E-state index in [4.69, 9.17) is 9.47 Å². The molecule has 1 heterocycles. The van der Waals surface area contributed by atoms with Gasteiger partial charge >= 0.3 is 0 Å². The van der Waals surface area contributed by atoms with Crippen LogP contribution in [0.2, 0.25) is 0 Å². The summed E-state index contributed by atoms with van der Waals surface area (Å²) in [6.45, 7) is 2.03. The fourth-order valence-corrected chi connectivity index (χ4v) is 3.18. The summed E-state index contributed by atoms with van der Waals surface area (Å²) in [4.78, 5) is 4.65. The van der Waals surface area contributed by atoms with Crippen LogP contribution in [0.15, 0.2) is 23.6 Å². The van der Waals surface area contributed by atoms with Crippen LogP contribution in [0.3, 0.4) is 0 Å². The van der Waals surface area contributed by atoms with Gasteiger partial charge in [-0.25, -0.2) is 4.98 Å². The number of methoxy groups -OCH3 is 2. The van der Waals surface area contributed by atoms with E-state index < -0.39 is 0 Å². The second kappa shape index (κ2) is 6.03. The summed E-state index contributed by atoms with van der Waals surface area (Å²) in [5.74, 6) is 1.61. The number of ether oxygens (including phenoxy) is 2. The van der Waals surface area contributed by atoms with Crippen molar-refractivity contribution in [2.75, 3.05) is 14.2 Å². The maximum absolute atomic E-state index is 5.38. The first kappa shape index (κ1) is 14.4. The number of aromatic nitrogens is 1. The molecule has 1 fully saturated rings. The first-order valence-electron chi connectivity index (χ1n) is 7.10. The van der Waals surface area contributed by atoms with Gasteiger partial charge in [-0.15, -0.1) is 11.3 Å². The molecular weight excluding hydrogens is 284 g/mol. The maximum atomic E-state index is 5.38. The van der Waals surface area contributed by atoms with Gasteiger partial charge in [-0.1, -0.05) is 0 Å². The van der Waals surface area contributed by atoms with E-state index in [-0.39, 0.29) is 6.04 Å². The van der Waals surface area contributed by atoms with Crippen molar-refractivity contribution < 1.29 is 9.47 Å². The molecule has 0 amide bonds. The van der Waals surface area contributed by atoms with Crippen LogP contribution in [-0.4, -0.2) is 25.2 Å². The minimum atomic E-state index is 0.0974. The number of rotatable bonds is 6. The van der Waals surface area contributed by atoms with Gasteiger partial charge in [-0.2, -0.15) is 0 Å². The Balaban J connectivity index is 1.98. The Morgan fingerprint density at radius 3 is 2.33 bits per heavy atom. The van der Waals surface area contributed by atoms with Crippen molar-refractivity contribution in [3.8, 4) is 11.5 Å². The summed E-state index contributed by atoms with van der Waals surface area (Å²) < 4.78 is 10.8. The zero-order valence-corrected chi connectivity index (χ0v) is 13.4. The van der Waals surface area contributed by atoms with Gasteiger partial charge in [0.1, 0.15) is 16.5 Å². The van der Waals surface area contributed by atoms with Crippen molar-refractivity contribution in [2.45, 2.75) is 31.8 Å². The molecule has 1 aliphatic carbocycles. The van der Waals surface area contributed by atoms with Crippen LogP contribution in [0.4, 0.5) is 0 Å². The molecule has 0 radical (unpaired) electrons. The number of aryl methyl sites for hydroxylation is 1. The van der Waals surface area contributed by atoms with Gasteiger partial charge in [0, 0.05) is 23.2 Å². The third kappa shape index (κ3) is 3.36. The Hall–Kier alpha value is -1.59. The molecule has 1 aliphatic rings. The van der Waals surface area contributed by atoms with Gasteiger partial charge in [-0.3, -0.25) is 0 Å². The summed E-state index contributed by atoms with van der Waals surface area (Å²) in [5, 5.41) is 6.86. The maximum Gasteiger partial charge on any atom is 0.122 e. The van der Waals surface area contributed by atoms with Gasteiger partial charge in [0.05, 0.1) is 20.3 Å². The topological polar surface area (TPSA) is 43.4 Å². The molecule has 1 aromatic carbocycles. The highest BCUT2D eigenvalue weighted by Crippen LogP contribution is 2.34. The van der Waals surface area contributed by atoms with E-state index in [1.54, 1.807) is 25.6 Å². The molecule has 3 rings (SSSR count). The molecule has 112 valence electrons. The lowest BCUT2D eigenvalue weighted by Crippen LogP contribution is -2.24. The summed E-state index contributed by atoms with van der Waals surface area (Å²) >= 11 is 1.69. The Labute approximate surface area is 129 Å². The largest absolute Gasteiger partial charge is 0.497 e. The molecule has 1 saturated carbocycles. The molecule has 0 saturated heterocycles. The number of nitrogens with one attached hydrogen (secondary N) is 1. The monoisotopic (exact) mass is 304 g/mol. The predicted octanol–water partition coefficient (Wildman–Crippen LogP) is 3.31. The molecule has 0 bridgehead atoms. The molecule has 0 spiro atoms. The lowest BCUT2D eigenvalue weighted by molar-refractivity contribution is 0.392. The molecule has 0 aliphatic heterocycles. The molecule has 2 aromatic rings. The summed E-state index contributed by atoms with van der Waals surface area (Å²) in [6, 6.07) is 6.69. The number of benzene rings is 1. The standard InChI is InChI=1S/C16H20N2O2S/c1-10-9-21-16(17-10)15(18-12-4-5-12)11-6-13(19-2)8-14(7-11)20-3/h6-9,12,15,18H,4-5H2,1-3H3. The third-order valence-electron chi connectivity index (χ3n) is 3.57. The van der Waals surface area contributed by atoms with Crippen LogP contribution in [0, 0.1) is 6.92 Å². The van der Waals surface area contributed by atoms with Crippen LogP contribution in [-0.2, 0) is 0 Å². The summed E-state index contributed by atoms with van der Waals surface area (Å²) in [6.07, 6.45) is 2.48. The zero-order chi connectivity index (χ0) is 14.8. The van der Waals surface area contributed by atoms with E-state index in [1.807, 2.05) is 13.0 Å². The van der Waals surface area contributed by atoms with Crippen molar-refractivity contribution in [2.24, 2.45) is 0 Å². The molecule has 1 aromatic heterocycles. The average Bonchev–Trinajstić information content (AvgIpc) is 3.24. The zero-order valence-electron chi connectivity index (χ0n) is 12.6.